The molecule has 1 saturated heterocycles. The van der Waals surface area contributed by atoms with Crippen molar-refractivity contribution in [3.63, 3.8) is 0 Å². The summed E-state index contributed by atoms with van der Waals surface area (Å²) in [5.74, 6) is -1.54. The molecule has 1 aliphatic rings. The van der Waals surface area contributed by atoms with Crippen molar-refractivity contribution in [3.05, 3.63) is 107 Å². The van der Waals surface area contributed by atoms with E-state index in [1.165, 1.54) is 17.7 Å². The molecular weight excluding hydrogens is 490 g/mol. The quantitative estimate of drug-likeness (QED) is 0.276. The third kappa shape index (κ3) is 4.68. The zero-order valence-electron chi connectivity index (χ0n) is 19.8. The lowest BCUT2D eigenvalue weighted by Crippen LogP contribution is -2.29. The zero-order chi connectivity index (χ0) is 26.1. The number of nitrogens with one attached hydrogen (secondary N) is 1. The Morgan fingerprint density at radius 1 is 1.00 bits per heavy atom. The van der Waals surface area contributed by atoms with E-state index in [2.05, 4.69) is 29.4 Å². The molecule has 186 valence electrons. The summed E-state index contributed by atoms with van der Waals surface area (Å²) in [5.41, 5.74) is 2.94. The number of furan rings is 1. The summed E-state index contributed by atoms with van der Waals surface area (Å²) in [5, 5.41) is 22.8. The second-order valence-corrected chi connectivity index (χ2v) is 9.01. The second-order valence-electron chi connectivity index (χ2n) is 8.63. The van der Waals surface area contributed by atoms with Gasteiger partial charge in [-0.05, 0) is 78.8 Å². The Morgan fingerprint density at radius 3 is 2.30 bits per heavy atom. The molecule has 2 aromatic heterocycles. The number of benzene rings is 2. The van der Waals surface area contributed by atoms with Gasteiger partial charge in [0.1, 0.15) is 17.6 Å². The molecule has 4 aromatic rings. The van der Waals surface area contributed by atoms with Gasteiger partial charge in [0, 0.05) is 17.4 Å². The molecule has 3 heterocycles. The first-order chi connectivity index (χ1) is 17.9. The Morgan fingerprint density at radius 2 is 1.70 bits per heavy atom. The zero-order valence-corrected chi connectivity index (χ0v) is 20.6. The van der Waals surface area contributed by atoms with Crippen molar-refractivity contribution >= 4 is 35.0 Å². The van der Waals surface area contributed by atoms with Crippen molar-refractivity contribution < 1.29 is 24.2 Å². The van der Waals surface area contributed by atoms with Gasteiger partial charge in [0.15, 0.2) is 5.11 Å². The largest absolute Gasteiger partial charge is 0.478 e. The summed E-state index contributed by atoms with van der Waals surface area (Å²) < 4.78 is 6.26. The van der Waals surface area contributed by atoms with Gasteiger partial charge < -0.3 is 24.8 Å². The Hall–Kier alpha value is -4.50. The summed E-state index contributed by atoms with van der Waals surface area (Å²) in [7, 11) is 0. The monoisotopic (exact) mass is 513 g/mol. The van der Waals surface area contributed by atoms with Crippen LogP contribution in [-0.2, 0) is 6.42 Å². The highest BCUT2D eigenvalue weighted by Gasteiger charge is 2.42. The highest BCUT2D eigenvalue weighted by Crippen LogP contribution is 2.43. The number of nitrogens with zero attached hydrogens (tertiary/aromatic N) is 2. The number of carboxylic acids is 2. The van der Waals surface area contributed by atoms with Gasteiger partial charge in [-0.1, -0.05) is 25.1 Å². The number of rotatable bonds is 7. The molecule has 8 nitrogen and oxygen atoms in total. The number of carbonyl (C=O) groups is 2. The predicted octanol–water partition coefficient (Wildman–Crippen LogP) is 5.48. The SMILES string of the molecule is CCc1ccc(N2C(=S)N[C@@H](c3ccccn3)[C@H]2c2ccc(-c3cc(C(=O)O)cc(C(=O)O)c3)o2)cc1. The van der Waals surface area contributed by atoms with Gasteiger partial charge in [0.25, 0.3) is 0 Å². The van der Waals surface area contributed by atoms with Crippen LogP contribution in [0.4, 0.5) is 5.69 Å². The molecule has 0 unspecified atom stereocenters. The molecule has 5 rings (SSSR count). The van der Waals surface area contributed by atoms with E-state index < -0.39 is 18.0 Å². The Bertz CT molecular complexity index is 1450. The second kappa shape index (κ2) is 9.87. The third-order valence-electron chi connectivity index (χ3n) is 6.35. The highest BCUT2D eigenvalue weighted by molar-refractivity contribution is 7.80. The van der Waals surface area contributed by atoms with Gasteiger partial charge in [-0.15, -0.1) is 0 Å². The number of pyridine rings is 1. The molecule has 0 radical (unpaired) electrons. The van der Waals surface area contributed by atoms with Crippen molar-refractivity contribution in [2.75, 3.05) is 4.90 Å². The molecule has 2 atom stereocenters. The molecule has 9 heteroatoms. The Kier molecular flexibility index (Phi) is 6.45. The lowest BCUT2D eigenvalue weighted by Gasteiger charge is -2.26. The number of hydrogen-bond acceptors (Lipinski definition) is 5. The first-order valence-corrected chi connectivity index (χ1v) is 12.1. The fourth-order valence-corrected chi connectivity index (χ4v) is 4.84. The van der Waals surface area contributed by atoms with E-state index >= 15 is 0 Å². The normalized spacial score (nSPS) is 17.0. The molecule has 37 heavy (non-hydrogen) atoms. The maximum Gasteiger partial charge on any atom is 0.335 e. The van der Waals surface area contributed by atoms with E-state index in [4.69, 9.17) is 16.6 Å². The molecule has 0 spiro atoms. The van der Waals surface area contributed by atoms with Crippen LogP contribution in [0.3, 0.4) is 0 Å². The molecular formula is C28H23N3O5S. The van der Waals surface area contributed by atoms with Crippen molar-refractivity contribution in [2.24, 2.45) is 0 Å². The van der Waals surface area contributed by atoms with Gasteiger partial charge in [-0.2, -0.15) is 0 Å². The summed E-state index contributed by atoms with van der Waals surface area (Å²) in [6.45, 7) is 2.09. The van der Waals surface area contributed by atoms with Crippen LogP contribution in [0.2, 0.25) is 0 Å². The average Bonchev–Trinajstić information content (AvgIpc) is 3.53. The summed E-state index contributed by atoms with van der Waals surface area (Å²) in [4.78, 5) is 29.7. The molecule has 1 fully saturated rings. The maximum absolute atomic E-state index is 11.6. The van der Waals surface area contributed by atoms with E-state index in [1.54, 1.807) is 18.3 Å². The minimum absolute atomic E-state index is 0.138. The van der Waals surface area contributed by atoms with Gasteiger partial charge in [-0.3, -0.25) is 4.98 Å². The first-order valence-electron chi connectivity index (χ1n) is 11.7. The van der Waals surface area contributed by atoms with Crippen LogP contribution < -0.4 is 10.2 Å². The first kappa shape index (κ1) is 24.2. The van der Waals surface area contributed by atoms with Gasteiger partial charge in [0.2, 0.25) is 0 Å². The lowest BCUT2D eigenvalue weighted by atomic mass is 10.0. The maximum atomic E-state index is 11.6. The number of carboxylic acid groups (broad SMARTS) is 2. The van der Waals surface area contributed by atoms with Gasteiger partial charge in [0.05, 0.1) is 22.9 Å². The molecule has 0 bridgehead atoms. The van der Waals surface area contributed by atoms with E-state index in [0.717, 1.165) is 23.9 Å². The van der Waals surface area contributed by atoms with E-state index in [0.29, 0.717) is 22.2 Å². The van der Waals surface area contributed by atoms with Crippen LogP contribution in [0.1, 0.15) is 56.7 Å². The summed E-state index contributed by atoms with van der Waals surface area (Å²) in [6, 6.07) is 20.5. The predicted molar refractivity (Wildman–Crippen MR) is 142 cm³/mol. The Balaban J connectivity index is 1.60. The van der Waals surface area contributed by atoms with Crippen LogP contribution in [0.5, 0.6) is 0 Å². The number of hydrogen-bond donors (Lipinski definition) is 3. The molecule has 0 amide bonds. The highest BCUT2D eigenvalue weighted by atomic mass is 32.1. The lowest BCUT2D eigenvalue weighted by molar-refractivity contribution is 0.0696. The number of thiocarbonyl (C=S) groups is 1. The van der Waals surface area contributed by atoms with Crippen molar-refractivity contribution in [3.8, 4) is 11.3 Å². The fourth-order valence-electron chi connectivity index (χ4n) is 4.50. The molecule has 0 saturated carbocycles. The van der Waals surface area contributed by atoms with Crippen molar-refractivity contribution in [1.82, 2.24) is 10.3 Å². The van der Waals surface area contributed by atoms with Crippen LogP contribution in [-0.4, -0.2) is 32.2 Å². The number of aryl methyl sites for hydroxylation is 1. The van der Waals surface area contributed by atoms with Gasteiger partial charge in [-0.25, -0.2) is 9.59 Å². The number of aromatic carboxylic acids is 2. The summed E-state index contributed by atoms with van der Waals surface area (Å²) in [6.07, 6.45) is 2.63. The molecule has 3 N–H and O–H groups in total. The minimum Gasteiger partial charge on any atom is -0.478 e. The van der Waals surface area contributed by atoms with Crippen LogP contribution in [0, 0.1) is 0 Å². The van der Waals surface area contributed by atoms with E-state index in [9.17, 15) is 19.8 Å². The summed E-state index contributed by atoms with van der Waals surface area (Å²) >= 11 is 5.74. The third-order valence-corrected chi connectivity index (χ3v) is 6.67. The van der Waals surface area contributed by atoms with Crippen molar-refractivity contribution in [1.29, 1.82) is 0 Å². The fraction of sp³-hybridized carbons (Fsp3) is 0.143. The van der Waals surface area contributed by atoms with E-state index in [-0.39, 0.29) is 17.2 Å². The number of anilines is 1. The Labute approximate surface area is 218 Å². The molecule has 1 aliphatic heterocycles. The molecule has 0 aliphatic carbocycles. The minimum atomic E-state index is -1.22. The van der Waals surface area contributed by atoms with Crippen LogP contribution >= 0.6 is 12.2 Å². The topological polar surface area (TPSA) is 116 Å². The smallest absolute Gasteiger partial charge is 0.335 e. The van der Waals surface area contributed by atoms with Crippen LogP contribution in [0.15, 0.2) is 83.4 Å². The average molecular weight is 514 g/mol. The van der Waals surface area contributed by atoms with Crippen molar-refractivity contribution in [2.45, 2.75) is 25.4 Å². The van der Waals surface area contributed by atoms with Crippen LogP contribution in [0.25, 0.3) is 11.3 Å². The van der Waals surface area contributed by atoms with E-state index in [1.807, 2.05) is 35.2 Å². The standard InChI is InChI=1S/C28H23N3O5S/c1-2-16-6-8-20(9-7-16)31-25(24(30-28(31)37)21-5-3-4-12-29-21)23-11-10-22(36-23)17-13-18(26(32)33)15-19(14-17)27(34)35/h3-15,24-25H,2H2,1H3,(H,30,37)(H,32,33)(H,34,35)/t24-,25+/m0/s1. The number of aromatic nitrogens is 1. The molecule has 2 aromatic carbocycles. The van der Waals surface area contributed by atoms with Gasteiger partial charge >= 0.3 is 11.9 Å².